The van der Waals surface area contributed by atoms with Gasteiger partial charge in [-0.2, -0.15) is 0 Å². The second-order valence-corrected chi connectivity index (χ2v) is 5.29. The molecule has 1 aromatic carbocycles. The number of rotatable bonds is 5. The molecule has 1 fully saturated rings. The predicted octanol–water partition coefficient (Wildman–Crippen LogP) is 0.379. The van der Waals surface area contributed by atoms with Crippen LogP contribution in [0.2, 0.25) is 0 Å². The van der Waals surface area contributed by atoms with Crippen molar-refractivity contribution in [2.45, 2.75) is 6.42 Å². The van der Waals surface area contributed by atoms with Gasteiger partial charge in [0.1, 0.15) is 0 Å². The zero-order chi connectivity index (χ0) is 18.6. The Labute approximate surface area is 144 Å². The first-order valence-electron chi connectivity index (χ1n) is 7.44. The van der Waals surface area contributed by atoms with Crippen LogP contribution in [0.3, 0.4) is 0 Å². The van der Waals surface area contributed by atoms with Gasteiger partial charge in [0.05, 0.1) is 40.9 Å². The molecular formula is C16H20N2O7. The lowest BCUT2D eigenvalue weighted by molar-refractivity contribution is -0.151. The average molecular weight is 352 g/mol. The largest absolute Gasteiger partial charge is 0.493 e. The van der Waals surface area contributed by atoms with Crippen molar-refractivity contribution in [1.29, 1.82) is 0 Å². The van der Waals surface area contributed by atoms with Gasteiger partial charge in [-0.05, 0) is 12.1 Å². The number of amides is 2. The van der Waals surface area contributed by atoms with Crippen molar-refractivity contribution in [3.8, 4) is 17.2 Å². The van der Waals surface area contributed by atoms with E-state index in [2.05, 4.69) is 10.2 Å². The van der Waals surface area contributed by atoms with Crippen LogP contribution in [0.4, 0.5) is 0 Å². The van der Waals surface area contributed by atoms with Crippen LogP contribution < -0.4 is 19.6 Å². The SMILES string of the molecule is COC(=O)C1CC(=O)NN(C(=O)c2cc(OC)c(OC)c(OC)c2)C1. The van der Waals surface area contributed by atoms with Crippen molar-refractivity contribution in [2.24, 2.45) is 5.92 Å². The average Bonchev–Trinajstić information content (AvgIpc) is 2.64. The van der Waals surface area contributed by atoms with E-state index in [4.69, 9.17) is 14.2 Å². The molecule has 0 aromatic heterocycles. The molecule has 0 spiro atoms. The molecule has 25 heavy (non-hydrogen) atoms. The Hall–Kier alpha value is -2.97. The molecule has 136 valence electrons. The minimum absolute atomic E-state index is 0.00784. The summed E-state index contributed by atoms with van der Waals surface area (Å²) in [5.41, 5.74) is 2.66. The van der Waals surface area contributed by atoms with E-state index in [0.717, 1.165) is 5.01 Å². The van der Waals surface area contributed by atoms with Crippen LogP contribution in [0.15, 0.2) is 12.1 Å². The molecular weight excluding hydrogens is 332 g/mol. The highest BCUT2D eigenvalue weighted by atomic mass is 16.5. The van der Waals surface area contributed by atoms with Gasteiger partial charge < -0.3 is 18.9 Å². The van der Waals surface area contributed by atoms with Gasteiger partial charge in [-0.1, -0.05) is 0 Å². The Balaban J connectivity index is 2.33. The molecule has 9 nitrogen and oxygen atoms in total. The normalized spacial score (nSPS) is 16.7. The number of hydrazine groups is 1. The van der Waals surface area contributed by atoms with E-state index in [1.54, 1.807) is 0 Å². The van der Waals surface area contributed by atoms with E-state index >= 15 is 0 Å². The number of esters is 1. The summed E-state index contributed by atoms with van der Waals surface area (Å²) in [4.78, 5) is 36.3. The molecule has 1 N–H and O–H groups in total. The third-order valence-corrected chi connectivity index (χ3v) is 3.79. The first-order chi connectivity index (χ1) is 11.9. The highest BCUT2D eigenvalue weighted by molar-refractivity contribution is 5.98. The second kappa shape index (κ2) is 7.73. The van der Waals surface area contributed by atoms with Crippen molar-refractivity contribution in [3.05, 3.63) is 17.7 Å². The van der Waals surface area contributed by atoms with Crippen LogP contribution in [0, 0.1) is 5.92 Å². The van der Waals surface area contributed by atoms with Gasteiger partial charge in [0.15, 0.2) is 11.5 Å². The number of nitrogens with one attached hydrogen (secondary N) is 1. The van der Waals surface area contributed by atoms with E-state index in [1.165, 1.54) is 40.6 Å². The van der Waals surface area contributed by atoms with Crippen LogP contribution in [-0.2, 0) is 14.3 Å². The minimum atomic E-state index is -0.718. The molecule has 0 radical (unpaired) electrons. The zero-order valence-corrected chi connectivity index (χ0v) is 14.5. The molecule has 1 heterocycles. The predicted molar refractivity (Wildman–Crippen MR) is 85.4 cm³/mol. The number of hydrogen-bond donors (Lipinski definition) is 1. The monoisotopic (exact) mass is 352 g/mol. The van der Waals surface area contributed by atoms with E-state index in [9.17, 15) is 14.4 Å². The maximum Gasteiger partial charge on any atom is 0.311 e. The van der Waals surface area contributed by atoms with Crippen LogP contribution in [-0.4, -0.2) is 57.8 Å². The molecule has 0 saturated carbocycles. The summed E-state index contributed by atoms with van der Waals surface area (Å²) in [6.07, 6.45) is -0.0360. The smallest absolute Gasteiger partial charge is 0.311 e. The maximum absolute atomic E-state index is 12.7. The molecule has 1 saturated heterocycles. The Kier molecular flexibility index (Phi) is 5.68. The topological polar surface area (TPSA) is 103 Å². The number of benzene rings is 1. The molecule has 2 rings (SSSR count). The first kappa shape index (κ1) is 18.4. The Morgan fingerprint density at radius 2 is 1.68 bits per heavy atom. The highest BCUT2D eigenvalue weighted by Gasteiger charge is 2.34. The third-order valence-electron chi connectivity index (χ3n) is 3.79. The number of methoxy groups -OCH3 is 4. The number of nitrogens with zero attached hydrogens (tertiary/aromatic N) is 1. The fourth-order valence-electron chi connectivity index (χ4n) is 2.57. The van der Waals surface area contributed by atoms with Crippen LogP contribution in [0.5, 0.6) is 17.2 Å². The van der Waals surface area contributed by atoms with E-state index < -0.39 is 23.7 Å². The van der Waals surface area contributed by atoms with Gasteiger partial charge >= 0.3 is 5.97 Å². The summed E-state index contributed by atoms with van der Waals surface area (Å²) >= 11 is 0. The van der Waals surface area contributed by atoms with Crippen LogP contribution in [0.25, 0.3) is 0 Å². The molecule has 0 bridgehead atoms. The standard InChI is InChI=1S/C16H20N2O7/c1-22-11-5-9(6-12(23-2)14(11)24-3)15(20)18-8-10(16(21)25-4)7-13(19)17-18/h5-6,10H,7-8H2,1-4H3,(H,17,19). The number of ether oxygens (including phenoxy) is 4. The van der Waals surface area contributed by atoms with Crippen molar-refractivity contribution in [3.63, 3.8) is 0 Å². The number of carbonyl (C=O) groups is 3. The van der Waals surface area contributed by atoms with Gasteiger partial charge in [-0.15, -0.1) is 0 Å². The fraction of sp³-hybridized carbons (Fsp3) is 0.438. The summed E-state index contributed by atoms with van der Waals surface area (Å²) in [6, 6.07) is 2.94. The lowest BCUT2D eigenvalue weighted by atomic mass is 10.0. The second-order valence-electron chi connectivity index (χ2n) is 5.29. The highest BCUT2D eigenvalue weighted by Crippen LogP contribution is 2.38. The van der Waals surface area contributed by atoms with Crippen molar-refractivity contribution < 1.29 is 33.3 Å². The Bertz CT molecular complexity index is 664. The lowest BCUT2D eigenvalue weighted by Crippen LogP contribution is -2.54. The van der Waals surface area contributed by atoms with Gasteiger partial charge in [0.2, 0.25) is 11.7 Å². The third kappa shape index (κ3) is 3.76. The summed E-state index contributed by atoms with van der Waals surface area (Å²) in [6.45, 7) is 0.00784. The molecule has 0 aliphatic carbocycles. The van der Waals surface area contributed by atoms with Crippen molar-refractivity contribution >= 4 is 17.8 Å². The summed E-state index contributed by atoms with van der Waals surface area (Å²) in [5.74, 6) is -1.27. The van der Waals surface area contributed by atoms with E-state index in [0.29, 0.717) is 17.2 Å². The van der Waals surface area contributed by atoms with Crippen LogP contribution in [0.1, 0.15) is 16.8 Å². The van der Waals surface area contributed by atoms with Gasteiger partial charge in [0.25, 0.3) is 5.91 Å². The Morgan fingerprint density at radius 1 is 1.08 bits per heavy atom. The van der Waals surface area contributed by atoms with E-state index in [-0.39, 0.29) is 18.5 Å². The summed E-state index contributed by atoms with van der Waals surface area (Å²) in [7, 11) is 5.55. The van der Waals surface area contributed by atoms with Gasteiger partial charge in [-0.25, -0.2) is 5.01 Å². The van der Waals surface area contributed by atoms with Crippen LogP contribution >= 0.6 is 0 Å². The van der Waals surface area contributed by atoms with E-state index in [1.807, 2.05) is 0 Å². The zero-order valence-electron chi connectivity index (χ0n) is 14.5. The molecule has 9 heteroatoms. The Morgan fingerprint density at radius 3 is 2.16 bits per heavy atom. The van der Waals surface area contributed by atoms with Crippen molar-refractivity contribution in [2.75, 3.05) is 35.0 Å². The number of hydrogen-bond acceptors (Lipinski definition) is 7. The van der Waals surface area contributed by atoms with Gasteiger partial charge in [-0.3, -0.25) is 19.8 Å². The molecule has 1 aromatic rings. The number of carbonyl (C=O) groups excluding carboxylic acids is 3. The molecule has 1 aliphatic rings. The molecule has 2 amide bonds. The molecule has 1 aliphatic heterocycles. The molecule has 1 atom stereocenters. The summed E-state index contributed by atoms with van der Waals surface area (Å²) < 4.78 is 20.3. The van der Waals surface area contributed by atoms with Gasteiger partial charge in [0, 0.05) is 12.0 Å². The maximum atomic E-state index is 12.7. The molecule has 1 unspecified atom stereocenters. The minimum Gasteiger partial charge on any atom is -0.493 e. The first-order valence-corrected chi connectivity index (χ1v) is 7.44. The van der Waals surface area contributed by atoms with Crippen molar-refractivity contribution in [1.82, 2.24) is 10.4 Å². The fourth-order valence-corrected chi connectivity index (χ4v) is 2.57. The quantitative estimate of drug-likeness (QED) is 0.764. The summed E-state index contributed by atoms with van der Waals surface area (Å²) in [5, 5.41) is 1.08. The lowest BCUT2D eigenvalue weighted by Gasteiger charge is -2.31.